The monoisotopic (exact) mass is 232 g/mol. The highest BCUT2D eigenvalue weighted by Crippen LogP contribution is 2.44. The summed E-state index contributed by atoms with van der Waals surface area (Å²) < 4.78 is 0.323. The van der Waals surface area contributed by atoms with Crippen LogP contribution in [-0.4, -0.2) is 10.5 Å². The SMILES string of the molecule is CCSC1(CC2=CCC=C2)CC=CC=C1C. The second-order valence-electron chi connectivity index (χ2n) is 4.50. The molecule has 0 saturated heterocycles. The van der Waals surface area contributed by atoms with Crippen LogP contribution >= 0.6 is 11.8 Å². The van der Waals surface area contributed by atoms with Gasteiger partial charge in [-0.2, -0.15) is 11.8 Å². The van der Waals surface area contributed by atoms with Crippen molar-refractivity contribution in [3.63, 3.8) is 0 Å². The van der Waals surface area contributed by atoms with Crippen LogP contribution in [0.15, 0.2) is 47.6 Å². The van der Waals surface area contributed by atoms with Crippen LogP contribution in [0.25, 0.3) is 0 Å². The Labute approximate surface area is 103 Å². The van der Waals surface area contributed by atoms with Gasteiger partial charge in [0.05, 0.1) is 0 Å². The van der Waals surface area contributed by atoms with E-state index in [9.17, 15) is 0 Å². The molecule has 2 aliphatic rings. The molecule has 0 heterocycles. The molecule has 0 aliphatic heterocycles. The topological polar surface area (TPSA) is 0 Å². The third kappa shape index (κ3) is 2.35. The minimum Gasteiger partial charge on any atom is -0.150 e. The largest absolute Gasteiger partial charge is 0.150 e. The van der Waals surface area contributed by atoms with Gasteiger partial charge in [-0.05, 0) is 31.9 Å². The second-order valence-corrected chi connectivity index (χ2v) is 6.15. The molecule has 16 heavy (non-hydrogen) atoms. The molecular formula is C15H20S. The van der Waals surface area contributed by atoms with Crippen molar-refractivity contribution in [1.29, 1.82) is 0 Å². The summed E-state index contributed by atoms with van der Waals surface area (Å²) in [6, 6.07) is 0. The number of hydrogen-bond acceptors (Lipinski definition) is 1. The minimum absolute atomic E-state index is 0.323. The Hall–Kier alpha value is -0.690. The van der Waals surface area contributed by atoms with E-state index in [1.54, 1.807) is 0 Å². The number of rotatable bonds is 4. The molecule has 0 amide bonds. The molecule has 1 unspecified atom stereocenters. The third-order valence-electron chi connectivity index (χ3n) is 3.41. The van der Waals surface area contributed by atoms with Crippen molar-refractivity contribution in [2.24, 2.45) is 0 Å². The van der Waals surface area contributed by atoms with Crippen molar-refractivity contribution in [3.8, 4) is 0 Å². The predicted octanol–water partition coefficient (Wildman–Crippen LogP) is 4.66. The zero-order valence-corrected chi connectivity index (χ0v) is 11.0. The van der Waals surface area contributed by atoms with Gasteiger partial charge in [0.2, 0.25) is 0 Å². The van der Waals surface area contributed by atoms with Gasteiger partial charge >= 0.3 is 0 Å². The van der Waals surface area contributed by atoms with E-state index < -0.39 is 0 Å². The van der Waals surface area contributed by atoms with Gasteiger partial charge in [-0.1, -0.05) is 54.5 Å². The van der Waals surface area contributed by atoms with E-state index in [0.29, 0.717) is 4.75 Å². The van der Waals surface area contributed by atoms with Gasteiger partial charge in [0.15, 0.2) is 0 Å². The maximum Gasteiger partial charge on any atom is 0.0442 e. The lowest BCUT2D eigenvalue weighted by Crippen LogP contribution is -2.28. The van der Waals surface area contributed by atoms with Crippen LogP contribution in [0.4, 0.5) is 0 Å². The van der Waals surface area contributed by atoms with Crippen LogP contribution in [0.2, 0.25) is 0 Å². The lowest BCUT2D eigenvalue weighted by molar-refractivity contribution is 0.672. The molecule has 0 nitrogen and oxygen atoms in total. The highest BCUT2D eigenvalue weighted by atomic mass is 32.2. The maximum atomic E-state index is 2.36. The van der Waals surface area contributed by atoms with E-state index in [1.807, 2.05) is 0 Å². The van der Waals surface area contributed by atoms with Crippen LogP contribution < -0.4 is 0 Å². The summed E-state index contributed by atoms with van der Waals surface area (Å²) in [7, 11) is 0. The summed E-state index contributed by atoms with van der Waals surface area (Å²) in [4.78, 5) is 0. The van der Waals surface area contributed by atoms with Gasteiger partial charge in [0.25, 0.3) is 0 Å². The van der Waals surface area contributed by atoms with Gasteiger partial charge < -0.3 is 0 Å². The number of allylic oxidation sites excluding steroid dienone is 7. The molecule has 0 spiro atoms. The molecule has 2 aliphatic carbocycles. The summed E-state index contributed by atoms with van der Waals surface area (Å²) in [5.41, 5.74) is 3.05. The lowest BCUT2D eigenvalue weighted by atomic mass is 9.86. The molecule has 0 saturated carbocycles. The minimum atomic E-state index is 0.323. The van der Waals surface area contributed by atoms with Crippen LogP contribution in [0.5, 0.6) is 0 Å². The Bertz CT molecular complexity index is 371. The first kappa shape index (κ1) is 11.8. The first-order valence-corrected chi connectivity index (χ1v) is 7.09. The molecule has 0 aromatic rings. The fraction of sp³-hybridized carbons (Fsp3) is 0.467. The van der Waals surface area contributed by atoms with Crippen molar-refractivity contribution in [3.05, 3.63) is 47.6 Å². The van der Waals surface area contributed by atoms with Gasteiger partial charge in [-0.3, -0.25) is 0 Å². The van der Waals surface area contributed by atoms with E-state index in [0.717, 1.165) is 6.42 Å². The van der Waals surface area contributed by atoms with Crippen LogP contribution in [0, 0.1) is 0 Å². The smallest absolute Gasteiger partial charge is 0.0442 e. The summed E-state index contributed by atoms with van der Waals surface area (Å²) in [5, 5.41) is 0. The van der Waals surface area contributed by atoms with Gasteiger partial charge in [0.1, 0.15) is 0 Å². The highest BCUT2D eigenvalue weighted by molar-refractivity contribution is 8.00. The highest BCUT2D eigenvalue weighted by Gasteiger charge is 2.32. The zero-order valence-electron chi connectivity index (χ0n) is 10.2. The van der Waals surface area contributed by atoms with Crippen LogP contribution in [0.3, 0.4) is 0 Å². The fourth-order valence-electron chi connectivity index (χ4n) is 2.46. The Morgan fingerprint density at radius 2 is 2.25 bits per heavy atom. The molecule has 0 aromatic carbocycles. The summed E-state index contributed by atoms with van der Waals surface area (Å²) in [5.74, 6) is 1.19. The summed E-state index contributed by atoms with van der Waals surface area (Å²) in [6.07, 6.45) is 17.2. The Morgan fingerprint density at radius 1 is 1.38 bits per heavy atom. The normalized spacial score (nSPS) is 28.1. The Balaban J connectivity index is 2.18. The van der Waals surface area contributed by atoms with E-state index in [4.69, 9.17) is 0 Å². The molecular weight excluding hydrogens is 212 g/mol. The van der Waals surface area contributed by atoms with Crippen molar-refractivity contribution >= 4 is 11.8 Å². The first-order valence-electron chi connectivity index (χ1n) is 6.10. The third-order valence-corrected chi connectivity index (χ3v) is 4.88. The molecule has 2 rings (SSSR count). The van der Waals surface area contributed by atoms with Gasteiger partial charge in [-0.15, -0.1) is 0 Å². The van der Waals surface area contributed by atoms with Gasteiger partial charge in [0, 0.05) is 4.75 Å². The van der Waals surface area contributed by atoms with Crippen LogP contribution in [0.1, 0.15) is 33.1 Å². The van der Waals surface area contributed by atoms with E-state index in [2.05, 4.69) is 62.1 Å². The van der Waals surface area contributed by atoms with Gasteiger partial charge in [-0.25, -0.2) is 0 Å². The second kappa shape index (κ2) is 5.09. The Kier molecular flexibility index (Phi) is 3.75. The molecule has 86 valence electrons. The average Bonchev–Trinajstić information content (AvgIpc) is 2.75. The average molecular weight is 232 g/mol. The molecule has 0 bridgehead atoms. The van der Waals surface area contributed by atoms with Crippen molar-refractivity contribution in [2.45, 2.75) is 37.9 Å². The molecule has 0 radical (unpaired) electrons. The number of thioether (sulfide) groups is 1. The zero-order chi connectivity index (χ0) is 11.4. The summed E-state index contributed by atoms with van der Waals surface area (Å²) >= 11 is 2.10. The molecule has 0 N–H and O–H groups in total. The quantitative estimate of drug-likeness (QED) is 0.679. The van der Waals surface area contributed by atoms with Crippen LogP contribution in [-0.2, 0) is 0 Å². The molecule has 1 heteroatoms. The van der Waals surface area contributed by atoms with E-state index in [-0.39, 0.29) is 0 Å². The molecule has 0 aromatic heterocycles. The molecule has 0 fully saturated rings. The van der Waals surface area contributed by atoms with Crippen molar-refractivity contribution in [2.75, 3.05) is 5.75 Å². The van der Waals surface area contributed by atoms with Crippen molar-refractivity contribution < 1.29 is 0 Å². The molecule has 1 atom stereocenters. The summed E-state index contributed by atoms with van der Waals surface area (Å²) in [6.45, 7) is 4.54. The standard InChI is InChI=1S/C15H20S/c1-3-16-15(11-7-6-8-13(15)2)12-14-9-4-5-10-14/h4,6-10H,3,5,11-12H2,1-2H3. The van der Waals surface area contributed by atoms with E-state index in [1.165, 1.54) is 29.7 Å². The first-order chi connectivity index (χ1) is 7.77. The van der Waals surface area contributed by atoms with E-state index >= 15 is 0 Å². The fourth-order valence-corrected chi connectivity index (χ4v) is 3.79. The predicted molar refractivity (Wildman–Crippen MR) is 74.8 cm³/mol. The Morgan fingerprint density at radius 3 is 2.88 bits per heavy atom. The maximum absolute atomic E-state index is 2.36. The van der Waals surface area contributed by atoms with Crippen molar-refractivity contribution in [1.82, 2.24) is 0 Å². The lowest BCUT2D eigenvalue weighted by Gasteiger charge is -2.35. The number of hydrogen-bond donors (Lipinski definition) is 0.